The Kier molecular flexibility index (Phi) is 4.30. The molecule has 0 aromatic heterocycles. The highest BCUT2D eigenvalue weighted by Gasteiger charge is 2.33. The number of halogens is 1. The molecule has 19 heavy (non-hydrogen) atoms. The van der Waals surface area contributed by atoms with Gasteiger partial charge in [0.25, 0.3) is 0 Å². The average Bonchev–Trinajstić information content (AvgIpc) is 2.35. The molecule has 0 radical (unpaired) electrons. The van der Waals surface area contributed by atoms with Crippen molar-refractivity contribution in [3.05, 3.63) is 23.8 Å². The summed E-state index contributed by atoms with van der Waals surface area (Å²) in [4.78, 5) is 0. The molecule has 0 aliphatic carbocycles. The number of alkyl halides is 1. The Balaban J connectivity index is 2.26. The third kappa shape index (κ3) is 3.38. The molecule has 0 fully saturated rings. The second kappa shape index (κ2) is 5.78. The van der Waals surface area contributed by atoms with Crippen LogP contribution in [-0.4, -0.2) is 25.4 Å². The normalized spacial score (nSPS) is 20.5. The lowest BCUT2D eigenvalue weighted by molar-refractivity contribution is 0.0660. The molecule has 106 valence electrons. The van der Waals surface area contributed by atoms with Gasteiger partial charge in [0, 0.05) is 24.1 Å². The molecule has 3 nitrogen and oxygen atoms in total. The van der Waals surface area contributed by atoms with Crippen molar-refractivity contribution in [3.63, 3.8) is 0 Å². The van der Waals surface area contributed by atoms with Crippen LogP contribution < -0.4 is 14.8 Å². The highest BCUT2D eigenvalue weighted by Crippen LogP contribution is 2.41. The minimum atomic E-state index is -0.483. The summed E-state index contributed by atoms with van der Waals surface area (Å²) in [6, 6.07) is 6.03. The van der Waals surface area contributed by atoms with Crippen molar-refractivity contribution in [1.82, 2.24) is 5.32 Å². The summed E-state index contributed by atoms with van der Waals surface area (Å²) in [7, 11) is 0. The van der Waals surface area contributed by atoms with Crippen LogP contribution in [0.3, 0.4) is 0 Å². The topological polar surface area (TPSA) is 30.5 Å². The van der Waals surface area contributed by atoms with Crippen LogP contribution in [0.2, 0.25) is 0 Å². The Bertz CT molecular complexity index is 434. The second-order valence-electron chi connectivity index (χ2n) is 5.41. The molecular weight excluding hydrogens is 245 g/mol. The van der Waals surface area contributed by atoms with Gasteiger partial charge in [-0.3, -0.25) is 0 Å². The fourth-order valence-corrected chi connectivity index (χ4v) is 2.51. The smallest absolute Gasteiger partial charge is 0.128 e. The van der Waals surface area contributed by atoms with Crippen molar-refractivity contribution in [3.8, 4) is 11.5 Å². The van der Waals surface area contributed by atoms with Crippen molar-refractivity contribution < 1.29 is 13.9 Å². The predicted octanol–water partition coefficient (Wildman–Crippen LogP) is 3.25. The van der Waals surface area contributed by atoms with Gasteiger partial charge in [-0.25, -0.2) is 4.39 Å². The molecule has 1 aliphatic heterocycles. The van der Waals surface area contributed by atoms with E-state index in [0.29, 0.717) is 11.8 Å². The van der Waals surface area contributed by atoms with Gasteiger partial charge in [-0.15, -0.1) is 0 Å². The molecule has 1 aliphatic rings. The molecule has 2 rings (SSSR count). The van der Waals surface area contributed by atoms with Crippen molar-refractivity contribution in [2.75, 3.05) is 19.8 Å². The molecule has 1 aromatic rings. The summed E-state index contributed by atoms with van der Waals surface area (Å²) in [5.41, 5.74) is 0.937. The maximum Gasteiger partial charge on any atom is 0.128 e. The van der Waals surface area contributed by atoms with Crippen LogP contribution >= 0.6 is 0 Å². The lowest BCUT2D eigenvalue weighted by atomic mass is 9.89. The highest BCUT2D eigenvalue weighted by molar-refractivity contribution is 5.44. The van der Waals surface area contributed by atoms with E-state index in [2.05, 4.69) is 26.1 Å². The van der Waals surface area contributed by atoms with Gasteiger partial charge in [-0.1, -0.05) is 13.0 Å². The maximum atomic E-state index is 12.1. The molecule has 0 bridgehead atoms. The van der Waals surface area contributed by atoms with Crippen LogP contribution in [0.25, 0.3) is 0 Å². The molecule has 1 heterocycles. The van der Waals surface area contributed by atoms with Gasteiger partial charge < -0.3 is 14.8 Å². The van der Waals surface area contributed by atoms with E-state index < -0.39 is 6.67 Å². The monoisotopic (exact) mass is 267 g/mol. The molecule has 0 spiro atoms. The van der Waals surface area contributed by atoms with Gasteiger partial charge in [0.15, 0.2) is 0 Å². The summed E-state index contributed by atoms with van der Waals surface area (Å²) in [6.45, 7) is 6.77. The van der Waals surface area contributed by atoms with Crippen LogP contribution in [0.1, 0.15) is 38.8 Å². The van der Waals surface area contributed by atoms with Crippen molar-refractivity contribution in [2.45, 2.75) is 38.8 Å². The van der Waals surface area contributed by atoms with E-state index in [1.807, 2.05) is 18.2 Å². The fourth-order valence-electron chi connectivity index (χ4n) is 2.51. The summed E-state index contributed by atoms with van der Waals surface area (Å²) in [5, 5.41) is 3.48. The third-order valence-electron chi connectivity index (χ3n) is 3.24. The maximum absolute atomic E-state index is 12.1. The van der Waals surface area contributed by atoms with Gasteiger partial charge in [0.05, 0.1) is 0 Å². The Hall–Kier alpha value is -1.29. The number of benzene rings is 1. The average molecular weight is 267 g/mol. The van der Waals surface area contributed by atoms with Crippen molar-refractivity contribution in [1.29, 1.82) is 0 Å². The molecule has 0 amide bonds. The molecule has 1 atom stereocenters. The van der Waals surface area contributed by atoms with Gasteiger partial charge in [-0.2, -0.15) is 0 Å². The van der Waals surface area contributed by atoms with Crippen LogP contribution in [0.5, 0.6) is 11.5 Å². The van der Waals surface area contributed by atoms with Gasteiger partial charge in [0.2, 0.25) is 0 Å². The molecule has 1 aromatic carbocycles. The van der Waals surface area contributed by atoms with Crippen molar-refractivity contribution in [2.24, 2.45) is 0 Å². The zero-order valence-corrected chi connectivity index (χ0v) is 11.8. The van der Waals surface area contributed by atoms with Crippen LogP contribution in [-0.2, 0) is 0 Å². The summed E-state index contributed by atoms with van der Waals surface area (Å²) < 4.78 is 23.4. The lowest BCUT2D eigenvalue weighted by Gasteiger charge is -2.38. The minimum Gasteiger partial charge on any atom is -0.491 e. The largest absolute Gasteiger partial charge is 0.491 e. The van der Waals surface area contributed by atoms with Gasteiger partial charge in [0.1, 0.15) is 30.4 Å². The number of nitrogens with one attached hydrogen (secondary N) is 1. The summed E-state index contributed by atoms with van der Waals surface area (Å²) in [6.07, 6.45) is 0.929. The summed E-state index contributed by atoms with van der Waals surface area (Å²) >= 11 is 0. The van der Waals surface area contributed by atoms with E-state index in [1.54, 1.807) is 0 Å². The van der Waals surface area contributed by atoms with E-state index in [0.717, 1.165) is 24.3 Å². The molecule has 1 unspecified atom stereocenters. The van der Waals surface area contributed by atoms with E-state index in [4.69, 9.17) is 9.47 Å². The van der Waals surface area contributed by atoms with Crippen molar-refractivity contribution >= 4 is 0 Å². The number of hydrogen-bond acceptors (Lipinski definition) is 3. The van der Waals surface area contributed by atoms with E-state index >= 15 is 0 Å². The first kappa shape index (κ1) is 14.1. The Labute approximate surface area is 114 Å². The number of fused-ring (bicyclic) bond motifs is 1. The highest BCUT2D eigenvalue weighted by atomic mass is 19.1. The van der Waals surface area contributed by atoms with Crippen LogP contribution in [0.15, 0.2) is 18.2 Å². The summed E-state index contributed by atoms with van der Waals surface area (Å²) in [5.74, 6) is 1.49. The Morgan fingerprint density at radius 3 is 2.95 bits per heavy atom. The van der Waals surface area contributed by atoms with Crippen LogP contribution in [0.4, 0.5) is 4.39 Å². The number of rotatable bonds is 5. The molecule has 1 N–H and O–H groups in total. The van der Waals surface area contributed by atoms with E-state index in [1.165, 1.54) is 0 Å². The van der Waals surface area contributed by atoms with E-state index in [-0.39, 0.29) is 12.2 Å². The predicted molar refractivity (Wildman–Crippen MR) is 73.7 cm³/mol. The number of hydrogen-bond donors (Lipinski definition) is 1. The quantitative estimate of drug-likeness (QED) is 0.888. The Morgan fingerprint density at radius 2 is 2.26 bits per heavy atom. The standard InChI is InChI=1S/C15H22FNO2/c1-4-17-13-10-15(2,3)19-14-9-11(18-8-7-16)5-6-12(13)14/h5-6,9,13,17H,4,7-8,10H2,1-3H3. The first-order valence-electron chi connectivity index (χ1n) is 6.81. The lowest BCUT2D eigenvalue weighted by Crippen LogP contribution is -2.39. The van der Waals surface area contributed by atoms with Gasteiger partial charge in [-0.05, 0) is 26.5 Å². The fraction of sp³-hybridized carbons (Fsp3) is 0.600. The second-order valence-corrected chi connectivity index (χ2v) is 5.41. The SMILES string of the molecule is CCNC1CC(C)(C)Oc2cc(OCCF)ccc21. The zero-order chi connectivity index (χ0) is 13.9. The van der Waals surface area contributed by atoms with Gasteiger partial charge >= 0.3 is 0 Å². The van der Waals surface area contributed by atoms with Crippen LogP contribution in [0, 0.1) is 0 Å². The molecule has 0 saturated heterocycles. The van der Waals surface area contributed by atoms with E-state index in [9.17, 15) is 4.39 Å². The number of ether oxygens (including phenoxy) is 2. The molecule has 4 heteroatoms. The molecular formula is C15H22FNO2. The molecule has 0 saturated carbocycles. The first-order valence-corrected chi connectivity index (χ1v) is 6.81. The zero-order valence-electron chi connectivity index (χ0n) is 11.8. The minimum absolute atomic E-state index is 0.0822. The first-order chi connectivity index (χ1) is 9.05. The Morgan fingerprint density at radius 1 is 1.47 bits per heavy atom. The third-order valence-corrected chi connectivity index (χ3v) is 3.24.